The third-order valence-electron chi connectivity index (χ3n) is 3.44. The molecule has 0 spiro atoms. The maximum atomic E-state index is 4.33. The second-order valence-corrected chi connectivity index (χ2v) is 5.82. The van der Waals surface area contributed by atoms with Gasteiger partial charge in [0.05, 0.1) is 6.54 Å². The number of nitrogens with zero attached hydrogens (tertiary/aromatic N) is 5. The Hall–Kier alpha value is -1.89. The van der Waals surface area contributed by atoms with E-state index in [1.165, 1.54) is 5.56 Å². The Morgan fingerprint density at radius 2 is 2.38 bits per heavy atom. The van der Waals surface area contributed by atoms with Gasteiger partial charge in [-0.1, -0.05) is 6.92 Å². The van der Waals surface area contributed by atoms with Crippen molar-refractivity contribution in [3.8, 4) is 0 Å². The molecule has 2 aromatic rings. The zero-order valence-corrected chi connectivity index (χ0v) is 13.8. The molecule has 0 fully saturated rings. The zero-order chi connectivity index (χ0) is 15.2. The Bertz CT molecular complexity index is 574. The van der Waals surface area contributed by atoms with Crippen LogP contribution in [-0.2, 0) is 13.6 Å². The predicted octanol–water partition coefficient (Wildman–Crippen LogP) is 1.69. The summed E-state index contributed by atoms with van der Waals surface area (Å²) in [7, 11) is 5.69. The van der Waals surface area contributed by atoms with E-state index in [1.54, 1.807) is 29.4 Å². The molecule has 2 rings (SSSR count). The lowest BCUT2D eigenvalue weighted by Crippen LogP contribution is -2.40. The molecular weight excluding hydrogens is 284 g/mol. The molecule has 7 heteroatoms. The lowest BCUT2D eigenvalue weighted by Gasteiger charge is -2.23. The molecule has 2 aromatic heterocycles. The molecule has 0 aromatic carbocycles. The third kappa shape index (κ3) is 4.04. The van der Waals surface area contributed by atoms with Crippen molar-refractivity contribution in [2.75, 3.05) is 20.6 Å². The van der Waals surface area contributed by atoms with Crippen LogP contribution in [0.5, 0.6) is 0 Å². The van der Waals surface area contributed by atoms with Gasteiger partial charge in [-0.3, -0.25) is 9.67 Å². The molecule has 114 valence electrons. The number of aliphatic imine (C=N–C) groups is 1. The van der Waals surface area contributed by atoms with E-state index in [-0.39, 0.29) is 0 Å². The first kappa shape index (κ1) is 15.5. The van der Waals surface area contributed by atoms with Gasteiger partial charge in [0.2, 0.25) is 0 Å². The number of thiophene rings is 1. The largest absolute Gasteiger partial charge is 0.356 e. The van der Waals surface area contributed by atoms with Crippen molar-refractivity contribution in [1.82, 2.24) is 25.0 Å². The average molecular weight is 306 g/mol. The van der Waals surface area contributed by atoms with E-state index < -0.39 is 0 Å². The van der Waals surface area contributed by atoms with Gasteiger partial charge in [0.1, 0.15) is 12.2 Å². The van der Waals surface area contributed by atoms with Crippen LogP contribution in [0.3, 0.4) is 0 Å². The minimum Gasteiger partial charge on any atom is -0.356 e. The number of rotatable bonds is 5. The Morgan fingerprint density at radius 1 is 1.57 bits per heavy atom. The van der Waals surface area contributed by atoms with Crippen LogP contribution in [0.1, 0.15) is 24.2 Å². The normalized spacial score (nSPS) is 13.2. The molecule has 2 heterocycles. The molecule has 1 atom stereocenters. The maximum absolute atomic E-state index is 4.33. The highest BCUT2D eigenvalue weighted by molar-refractivity contribution is 7.07. The summed E-state index contributed by atoms with van der Waals surface area (Å²) in [6, 6.07) is 2.17. The lowest BCUT2D eigenvalue weighted by atomic mass is 10.1. The van der Waals surface area contributed by atoms with Gasteiger partial charge >= 0.3 is 0 Å². The van der Waals surface area contributed by atoms with Crippen LogP contribution < -0.4 is 5.32 Å². The third-order valence-corrected chi connectivity index (χ3v) is 4.14. The minimum absolute atomic E-state index is 0.455. The second kappa shape index (κ2) is 7.21. The van der Waals surface area contributed by atoms with Crippen LogP contribution in [0, 0.1) is 0 Å². The molecule has 21 heavy (non-hydrogen) atoms. The summed E-state index contributed by atoms with van der Waals surface area (Å²) in [5.74, 6) is 2.22. The van der Waals surface area contributed by atoms with E-state index in [4.69, 9.17) is 0 Å². The second-order valence-electron chi connectivity index (χ2n) is 5.04. The molecule has 0 saturated heterocycles. The van der Waals surface area contributed by atoms with E-state index in [0.717, 1.165) is 18.3 Å². The van der Waals surface area contributed by atoms with E-state index in [0.29, 0.717) is 12.5 Å². The molecule has 0 aliphatic heterocycles. The fraction of sp³-hybridized carbons (Fsp3) is 0.500. The molecule has 0 radical (unpaired) electrons. The topological polar surface area (TPSA) is 58.3 Å². The Balaban J connectivity index is 1.89. The summed E-state index contributed by atoms with van der Waals surface area (Å²) >= 11 is 1.73. The van der Waals surface area contributed by atoms with Gasteiger partial charge in [-0.15, -0.1) is 0 Å². The molecule has 1 unspecified atom stereocenters. The van der Waals surface area contributed by atoms with Crippen LogP contribution >= 0.6 is 11.3 Å². The molecule has 1 N–H and O–H groups in total. The van der Waals surface area contributed by atoms with E-state index >= 15 is 0 Å². The number of aryl methyl sites for hydroxylation is 1. The van der Waals surface area contributed by atoms with Crippen molar-refractivity contribution in [1.29, 1.82) is 0 Å². The smallest absolute Gasteiger partial charge is 0.193 e. The fourth-order valence-corrected chi connectivity index (χ4v) is 2.83. The van der Waals surface area contributed by atoms with Crippen LogP contribution in [0.25, 0.3) is 0 Å². The monoisotopic (exact) mass is 306 g/mol. The van der Waals surface area contributed by atoms with Crippen LogP contribution in [-0.4, -0.2) is 46.3 Å². The number of aromatic nitrogens is 3. The van der Waals surface area contributed by atoms with Gasteiger partial charge in [-0.05, 0) is 28.3 Å². The number of hydrogen-bond acceptors (Lipinski definition) is 4. The average Bonchev–Trinajstić information content (AvgIpc) is 3.12. The summed E-state index contributed by atoms with van der Waals surface area (Å²) in [4.78, 5) is 10.6. The Kier molecular flexibility index (Phi) is 5.32. The maximum Gasteiger partial charge on any atom is 0.193 e. The highest BCUT2D eigenvalue weighted by atomic mass is 32.1. The standard InChI is InChI=1S/C14H22N6S/c1-11(12-5-6-21-9-12)7-16-14(15-2)19(3)8-13-17-10-18-20(13)4/h5-6,9-11H,7-8H2,1-4H3,(H,15,16). The summed E-state index contributed by atoms with van der Waals surface area (Å²) < 4.78 is 1.78. The zero-order valence-electron chi connectivity index (χ0n) is 12.9. The molecule has 6 nitrogen and oxygen atoms in total. The van der Waals surface area contributed by atoms with Crippen molar-refractivity contribution in [3.63, 3.8) is 0 Å². The van der Waals surface area contributed by atoms with Crippen LogP contribution in [0.4, 0.5) is 0 Å². The van der Waals surface area contributed by atoms with Crippen molar-refractivity contribution in [2.45, 2.75) is 19.4 Å². The van der Waals surface area contributed by atoms with Crippen molar-refractivity contribution in [3.05, 3.63) is 34.5 Å². The van der Waals surface area contributed by atoms with Crippen molar-refractivity contribution >= 4 is 17.3 Å². The summed E-state index contributed by atoms with van der Waals surface area (Å²) in [5.41, 5.74) is 1.36. The molecule has 0 aliphatic carbocycles. The first-order valence-corrected chi connectivity index (χ1v) is 7.82. The van der Waals surface area contributed by atoms with E-state index in [2.05, 4.69) is 44.1 Å². The van der Waals surface area contributed by atoms with Crippen LogP contribution in [0.2, 0.25) is 0 Å². The number of nitrogens with one attached hydrogen (secondary N) is 1. The van der Waals surface area contributed by atoms with Crippen LogP contribution in [0.15, 0.2) is 28.1 Å². The molecule has 0 aliphatic rings. The first-order valence-electron chi connectivity index (χ1n) is 6.88. The van der Waals surface area contributed by atoms with Gasteiger partial charge in [-0.25, -0.2) is 4.98 Å². The first-order chi connectivity index (χ1) is 10.1. The van der Waals surface area contributed by atoms with Gasteiger partial charge in [0.15, 0.2) is 5.96 Å². The Labute approximate surface area is 129 Å². The molecule has 0 bridgehead atoms. The summed E-state index contributed by atoms with van der Waals surface area (Å²) in [6.07, 6.45) is 1.57. The quantitative estimate of drug-likeness (QED) is 0.674. The summed E-state index contributed by atoms with van der Waals surface area (Å²) in [5, 5.41) is 11.8. The lowest BCUT2D eigenvalue weighted by molar-refractivity contribution is 0.446. The molecular formula is C14H22N6S. The van der Waals surface area contributed by atoms with Crippen molar-refractivity contribution < 1.29 is 0 Å². The SMILES string of the molecule is CN=C(NCC(C)c1ccsc1)N(C)Cc1ncnn1C. The summed E-state index contributed by atoms with van der Waals surface area (Å²) in [6.45, 7) is 3.74. The van der Waals surface area contributed by atoms with Gasteiger partial charge < -0.3 is 10.2 Å². The van der Waals surface area contributed by atoms with Gasteiger partial charge in [0.25, 0.3) is 0 Å². The predicted molar refractivity (Wildman–Crippen MR) is 86.6 cm³/mol. The van der Waals surface area contributed by atoms with Crippen molar-refractivity contribution in [2.24, 2.45) is 12.0 Å². The van der Waals surface area contributed by atoms with E-state index in [1.807, 2.05) is 19.0 Å². The number of guanidine groups is 1. The number of hydrogen-bond donors (Lipinski definition) is 1. The highest BCUT2D eigenvalue weighted by Gasteiger charge is 2.12. The molecule has 0 saturated carbocycles. The van der Waals surface area contributed by atoms with E-state index in [9.17, 15) is 0 Å². The fourth-order valence-electron chi connectivity index (χ4n) is 2.05. The molecule has 0 amide bonds. The van der Waals surface area contributed by atoms with Gasteiger partial charge in [-0.2, -0.15) is 16.4 Å². The highest BCUT2D eigenvalue weighted by Crippen LogP contribution is 2.17. The Morgan fingerprint density at radius 3 is 2.95 bits per heavy atom. The van der Waals surface area contributed by atoms with Gasteiger partial charge in [0, 0.05) is 27.7 Å². The minimum atomic E-state index is 0.455.